The van der Waals surface area contributed by atoms with Gasteiger partial charge in [-0.15, -0.1) is 5.10 Å². The maximum absolute atomic E-state index is 11.6. The summed E-state index contributed by atoms with van der Waals surface area (Å²) in [6.45, 7) is 0. The van der Waals surface area contributed by atoms with Gasteiger partial charge in [0.25, 0.3) is 0 Å². The SMILES string of the molecule is Cn1c(SCc2nnnn2-c2ccc(S(C)(=O)=O)cc2)nc2ccccc21. The van der Waals surface area contributed by atoms with Crippen LogP contribution in [0.2, 0.25) is 0 Å². The summed E-state index contributed by atoms with van der Waals surface area (Å²) >= 11 is 1.54. The number of hydrogen-bond acceptors (Lipinski definition) is 7. The number of hydrogen-bond donors (Lipinski definition) is 0. The summed E-state index contributed by atoms with van der Waals surface area (Å²) in [4.78, 5) is 4.89. The summed E-state index contributed by atoms with van der Waals surface area (Å²) in [6.07, 6.45) is 1.18. The Morgan fingerprint density at radius 2 is 1.81 bits per heavy atom. The van der Waals surface area contributed by atoms with Crippen LogP contribution in [0.15, 0.2) is 58.6 Å². The van der Waals surface area contributed by atoms with E-state index < -0.39 is 9.84 Å². The lowest BCUT2D eigenvalue weighted by Crippen LogP contribution is -2.04. The van der Waals surface area contributed by atoms with Gasteiger partial charge < -0.3 is 4.57 Å². The summed E-state index contributed by atoms with van der Waals surface area (Å²) in [5, 5.41) is 12.7. The fraction of sp³-hybridized carbons (Fsp3) is 0.176. The molecule has 0 bridgehead atoms. The number of benzene rings is 2. The van der Waals surface area contributed by atoms with E-state index in [0.717, 1.165) is 16.2 Å². The summed E-state index contributed by atoms with van der Waals surface area (Å²) in [5.41, 5.74) is 2.71. The van der Waals surface area contributed by atoms with Gasteiger partial charge in [0, 0.05) is 13.3 Å². The topological polar surface area (TPSA) is 95.6 Å². The van der Waals surface area contributed by atoms with Gasteiger partial charge in [-0.1, -0.05) is 23.9 Å². The van der Waals surface area contributed by atoms with Gasteiger partial charge in [-0.3, -0.25) is 0 Å². The number of nitrogens with zero attached hydrogens (tertiary/aromatic N) is 6. The molecule has 0 radical (unpaired) electrons. The zero-order valence-electron chi connectivity index (χ0n) is 14.6. The van der Waals surface area contributed by atoms with Crippen molar-refractivity contribution in [1.29, 1.82) is 0 Å². The molecule has 0 spiro atoms. The number of imidazole rings is 1. The Morgan fingerprint density at radius 3 is 2.52 bits per heavy atom. The van der Waals surface area contributed by atoms with E-state index in [1.165, 1.54) is 18.0 Å². The van der Waals surface area contributed by atoms with Crippen molar-refractivity contribution >= 4 is 32.6 Å². The molecular formula is C17H16N6O2S2. The van der Waals surface area contributed by atoms with Crippen LogP contribution in [-0.2, 0) is 22.6 Å². The monoisotopic (exact) mass is 400 g/mol. The first-order valence-electron chi connectivity index (χ1n) is 8.05. The fourth-order valence-corrected chi connectivity index (χ4v) is 4.24. The van der Waals surface area contributed by atoms with Crippen molar-refractivity contribution in [3.63, 3.8) is 0 Å². The molecule has 0 aliphatic heterocycles. The van der Waals surface area contributed by atoms with Crippen LogP contribution < -0.4 is 0 Å². The van der Waals surface area contributed by atoms with E-state index in [0.29, 0.717) is 17.3 Å². The van der Waals surface area contributed by atoms with Crippen molar-refractivity contribution < 1.29 is 8.42 Å². The van der Waals surface area contributed by atoms with Crippen LogP contribution in [0, 0.1) is 0 Å². The van der Waals surface area contributed by atoms with E-state index in [9.17, 15) is 8.42 Å². The molecule has 0 N–H and O–H groups in total. The van der Waals surface area contributed by atoms with E-state index in [1.807, 2.05) is 35.9 Å². The number of para-hydroxylation sites is 2. The molecule has 10 heteroatoms. The molecule has 0 saturated heterocycles. The molecular weight excluding hydrogens is 384 g/mol. The first-order valence-corrected chi connectivity index (χ1v) is 10.9. The summed E-state index contributed by atoms with van der Waals surface area (Å²) in [5.74, 6) is 1.18. The van der Waals surface area contributed by atoms with Crippen molar-refractivity contribution in [2.75, 3.05) is 6.26 Å². The van der Waals surface area contributed by atoms with Crippen LogP contribution in [0.25, 0.3) is 16.7 Å². The van der Waals surface area contributed by atoms with Crippen LogP contribution in [0.5, 0.6) is 0 Å². The first-order chi connectivity index (χ1) is 12.9. The molecule has 4 rings (SSSR count). The van der Waals surface area contributed by atoms with Gasteiger partial charge in [-0.2, -0.15) is 4.68 Å². The summed E-state index contributed by atoms with van der Waals surface area (Å²) in [6, 6.07) is 14.4. The van der Waals surface area contributed by atoms with Crippen LogP contribution >= 0.6 is 11.8 Å². The van der Waals surface area contributed by atoms with E-state index >= 15 is 0 Å². The number of aryl methyl sites for hydroxylation is 1. The minimum atomic E-state index is -3.24. The van der Waals surface area contributed by atoms with Crippen LogP contribution in [-0.4, -0.2) is 44.4 Å². The van der Waals surface area contributed by atoms with Crippen LogP contribution in [0.4, 0.5) is 0 Å². The molecule has 0 atom stereocenters. The third-order valence-electron chi connectivity index (χ3n) is 4.12. The Labute approximate surface area is 160 Å². The highest BCUT2D eigenvalue weighted by Gasteiger charge is 2.13. The predicted molar refractivity (Wildman–Crippen MR) is 103 cm³/mol. The Hall–Kier alpha value is -2.72. The molecule has 4 aromatic rings. The quantitative estimate of drug-likeness (QED) is 0.474. The smallest absolute Gasteiger partial charge is 0.175 e. The maximum atomic E-state index is 11.6. The molecule has 27 heavy (non-hydrogen) atoms. The maximum Gasteiger partial charge on any atom is 0.175 e. The molecule has 0 amide bonds. The van der Waals surface area contributed by atoms with Gasteiger partial charge in [-0.05, 0) is 46.8 Å². The third-order valence-corrected chi connectivity index (χ3v) is 6.27. The van der Waals surface area contributed by atoms with Gasteiger partial charge >= 0.3 is 0 Å². The van der Waals surface area contributed by atoms with Crippen LogP contribution in [0.3, 0.4) is 0 Å². The molecule has 2 aromatic heterocycles. The fourth-order valence-electron chi connectivity index (χ4n) is 2.71. The standard InChI is InChI=1S/C17H16N6O2S2/c1-22-15-6-4-3-5-14(15)18-17(22)26-11-16-19-20-21-23(16)12-7-9-13(10-8-12)27(2,24)25/h3-10H,11H2,1-2H3. The predicted octanol–water partition coefficient (Wildman–Crippen LogP) is 2.24. The average molecular weight is 400 g/mol. The Bertz CT molecular complexity index is 1210. The van der Waals surface area contributed by atoms with Crippen LogP contribution in [0.1, 0.15) is 5.82 Å². The second kappa shape index (κ2) is 6.78. The van der Waals surface area contributed by atoms with Crippen molar-refractivity contribution in [2.24, 2.45) is 7.05 Å². The Morgan fingerprint density at radius 1 is 1.07 bits per heavy atom. The van der Waals surface area contributed by atoms with Gasteiger partial charge in [0.1, 0.15) is 0 Å². The zero-order chi connectivity index (χ0) is 19.0. The highest BCUT2D eigenvalue weighted by Crippen LogP contribution is 2.25. The Kier molecular flexibility index (Phi) is 4.44. The van der Waals surface area contributed by atoms with Crippen molar-refractivity contribution in [2.45, 2.75) is 15.8 Å². The molecule has 0 aliphatic rings. The first kappa shape index (κ1) is 17.7. The van der Waals surface area contributed by atoms with E-state index in [-0.39, 0.29) is 4.90 Å². The second-order valence-corrected chi connectivity index (χ2v) is 8.96. The molecule has 8 nitrogen and oxygen atoms in total. The number of rotatable bonds is 5. The molecule has 2 aromatic carbocycles. The van der Waals surface area contributed by atoms with Gasteiger partial charge in [0.15, 0.2) is 20.8 Å². The highest BCUT2D eigenvalue weighted by atomic mass is 32.2. The largest absolute Gasteiger partial charge is 0.322 e. The van der Waals surface area contributed by atoms with E-state index in [1.54, 1.807) is 28.9 Å². The summed E-state index contributed by atoms with van der Waals surface area (Å²) in [7, 11) is -1.26. The average Bonchev–Trinajstić information content (AvgIpc) is 3.24. The van der Waals surface area contributed by atoms with E-state index in [2.05, 4.69) is 20.5 Å². The third kappa shape index (κ3) is 3.45. The van der Waals surface area contributed by atoms with Gasteiger partial charge in [0.2, 0.25) is 0 Å². The van der Waals surface area contributed by atoms with Gasteiger partial charge in [-0.25, -0.2) is 13.4 Å². The van der Waals surface area contributed by atoms with Crippen molar-refractivity contribution in [1.82, 2.24) is 29.8 Å². The number of fused-ring (bicyclic) bond motifs is 1. The highest BCUT2D eigenvalue weighted by molar-refractivity contribution is 7.98. The molecule has 0 aliphatic carbocycles. The zero-order valence-corrected chi connectivity index (χ0v) is 16.3. The van der Waals surface area contributed by atoms with E-state index in [4.69, 9.17) is 0 Å². The van der Waals surface area contributed by atoms with Crippen molar-refractivity contribution in [3.05, 3.63) is 54.4 Å². The molecule has 0 fully saturated rings. The number of aromatic nitrogens is 6. The Balaban J connectivity index is 1.58. The molecule has 2 heterocycles. The lowest BCUT2D eigenvalue weighted by molar-refractivity contribution is 0.602. The molecule has 0 unspecified atom stereocenters. The van der Waals surface area contributed by atoms with Gasteiger partial charge in [0.05, 0.1) is 27.4 Å². The minimum absolute atomic E-state index is 0.259. The minimum Gasteiger partial charge on any atom is -0.322 e. The molecule has 0 saturated carbocycles. The normalized spacial score (nSPS) is 11.9. The lowest BCUT2D eigenvalue weighted by atomic mass is 10.3. The molecule has 138 valence electrons. The summed E-state index contributed by atoms with van der Waals surface area (Å²) < 4.78 is 26.8. The number of sulfone groups is 1. The second-order valence-electron chi connectivity index (χ2n) is 6.00. The number of tetrazole rings is 1. The lowest BCUT2D eigenvalue weighted by Gasteiger charge is -2.06. The number of thioether (sulfide) groups is 1. The van der Waals surface area contributed by atoms with Crippen molar-refractivity contribution in [3.8, 4) is 5.69 Å².